The number of ether oxygens (including phenoxy) is 2. The first-order chi connectivity index (χ1) is 15.0. The molecule has 3 aromatic carbocycles. The molecule has 0 atom stereocenters. The van der Waals surface area contributed by atoms with Crippen molar-refractivity contribution in [1.29, 1.82) is 0 Å². The van der Waals surface area contributed by atoms with Gasteiger partial charge in [-0.05, 0) is 48.2 Å². The van der Waals surface area contributed by atoms with E-state index in [0.29, 0.717) is 29.9 Å². The summed E-state index contributed by atoms with van der Waals surface area (Å²) >= 11 is 0. The molecule has 1 saturated heterocycles. The number of rotatable bonds is 4. The second-order valence-electron chi connectivity index (χ2n) is 7.63. The molecule has 0 saturated carbocycles. The van der Waals surface area contributed by atoms with Crippen molar-refractivity contribution in [3.8, 4) is 22.3 Å². The normalized spacial score (nSPS) is 19.1. The van der Waals surface area contributed by atoms with E-state index in [9.17, 15) is 13.2 Å². The minimum Gasteiger partial charge on any atom is -0.348 e. The summed E-state index contributed by atoms with van der Waals surface area (Å²) in [5.74, 6) is -2.12. The highest BCUT2D eigenvalue weighted by Gasteiger charge is 2.23. The molecule has 4 rings (SSSR count). The summed E-state index contributed by atoms with van der Waals surface area (Å²) < 4.78 is 54.3. The summed E-state index contributed by atoms with van der Waals surface area (Å²) in [5.41, 5.74) is 2.88. The summed E-state index contributed by atoms with van der Waals surface area (Å²) in [6.45, 7) is 4.33. The molecule has 0 unspecified atom stereocenters. The fourth-order valence-electron chi connectivity index (χ4n) is 3.70. The Bertz CT molecular complexity index is 1100. The molecular weight excluding hydrogens is 401 g/mol. The lowest BCUT2D eigenvalue weighted by Gasteiger charge is -2.28. The van der Waals surface area contributed by atoms with Gasteiger partial charge in [0.1, 0.15) is 5.82 Å². The number of benzene rings is 3. The Balaban J connectivity index is 1.53. The molecule has 31 heavy (non-hydrogen) atoms. The maximum Gasteiger partial charge on any atom is 0.176 e. The van der Waals surface area contributed by atoms with Gasteiger partial charge >= 0.3 is 0 Å². The van der Waals surface area contributed by atoms with Crippen LogP contribution in [0, 0.1) is 24.4 Å². The van der Waals surface area contributed by atoms with E-state index in [1.54, 1.807) is 42.5 Å². The highest BCUT2D eigenvalue weighted by atomic mass is 19.2. The Morgan fingerprint density at radius 1 is 0.806 bits per heavy atom. The Morgan fingerprint density at radius 2 is 1.42 bits per heavy atom. The molecule has 5 heteroatoms. The van der Waals surface area contributed by atoms with E-state index in [2.05, 4.69) is 0 Å². The van der Waals surface area contributed by atoms with Gasteiger partial charge in [0.25, 0.3) is 0 Å². The highest BCUT2D eigenvalue weighted by molar-refractivity contribution is 5.71. The summed E-state index contributed by atoms with van der Waals surface area (Å²) in [5, 5.41) is 0. The van der Waals surface area contributed by atoms with Crippen LogP contribution < -0.4 is 0 Å². The molecule has 1 heterocycles. The molecule has 1 aliphatic rings. The number of hydrogen-bond acceptors (Lipinski definition) is 2. The fraction of sp³-hybridized carbons (Fsp3) is 0.231. The van der Waals surface area contributed by atoms with Gasteiger partial charge in [0.15, 0.2) is 17.9 Å². The van der Waals surface area contributed by atoms with Crippen LogP contribution in [0.2, 0.25) is 0 Å². The maximum atomic E-state index is 14.9. The molecule has 0 N–H and O–H groups in total. The zero-order chi connectivity index (χ0) is 22.0. The van der Waals surface area contributed by atoms with E-state index in [4.69, 9.17) is 9.47 Å². The summed E-state index contributed by atoms with van der Waals surface area (Å²) in [4.78, 5) is 0. The molecule has 0 aliphatic carbocycles. The summed E-state index contributed by atoms with van der Waals surface area (Å²) in [6, 6.07) is 14.9. The Hall–Kier alpha value is -2.89. The van der Waals surface area contributed by atoms with E-state index in [1.165, 1.54) is 13.0 Å². The third-order valence-electron chi connectivity index (χ3n) is 5.52. The molecular formula is C26H23F3O2. The predicted octanol–water partition coefficient (Wildman–Crippen LogP) is 6.78. The van der Waals surface area contributed by atoms with E-state index in [0.717, 1.165) is 5.56 Å². The van der Waals surface area contributed by atoms with Crippen LogP contribution in [-0.2, 0) is 9.47 Å². The lowest BCUT2D eigenvalue weighted by molar-refractivity contribution is -0.159. The highest BCUT2D eigenvalue weighted by Crippen LogP contribution is 2.31. The quantitative estimate of drug-likeness (QED) is 0.430. The van der Waals surface area contributed by atoms with Gasteiger partial charge in [-0.2, -0.15) is 0 Å². The Morgan fingerprint density at radius 3 is 2.03 bits per heavy atom. The largest absolute Gasteiger partial charge is 0.348 e. The Labute approximate surface area is 179 Å². The standard InChI is InChI=1S/C26H23F3O2/c1-3-4-24-30-14-20(15-31-24)19-10-12-21(23(27)13-19)17-6-8-18(9-7-17)22-11-5-16(2)25(28)26(22)29/h3-13,20,24H,14-15H2,1-2H3/b4-3+. The number of halogens is 3. The predicted molar refractivity (Wildman–Crippen MR) is 115 cm³/mol. The van der Waals surface area contributed by atoms with Gasteiger partial charge in [0.2, 0.25) is 0 Å². The van der Waals surface area contributed by atoms with Crippen LogP contribution >= 0.6 is 0 Å². The van der Waals surface area contributed by atoms with Crippen LogP contribution in [0.25, 0.3) is 22.3 Å². The summed E-state index contributed by atoms with van der Waals surface area (Å²) in [6.07, 6.45) is 3.35. The molecule has 0 aromatic heterocycles. The summed E-state index contributed by atoms with van der Waals surface area (Å²) in [7, 11) is 0. The first-order valence-electron chi connectivity index (χ1n) is 10.2. The van der Waals surface area contributed by atoms with E-state index >= 15 is 0 Å². The lowest BCUT2D eigenvalue weighted by atomic mass is 9.95. The number of aryl methyl sites for hydroxylation is 1. The molecule has 0 radical (unpaired) electrons. The van der Waals surface area contributed by atoms with Crippen LogP contribution in [-0.4, -0.2) is 19.5 Å². The van der Waals surface area contributed by atoms with Gasteiger partial charge in [-0.1, -0.05) is 54.6 Å². The second-order valence-corrected chi connectivity index (χ2v) is 7.63. The van der Waals surface area contributed by atoms with Gasteiger partial charge in [0, 0.05) is 17.0 Å². The van der Waals surface area contributed by atoms with E-state index in [-0.39, 0.29) is 29.2 Å². The van der Waals surface area contributed by atoms with Crippen LogP contribution in [0.1, 0.15) is 24.0 Å². The second kappa shape index (κ2) is 9.08. The molecule has 3 aromatic rings. The molecule has 0 bridgehead atoms. The maximum absolute atomic E-state index is 14.9. The zero-order valence-electron chi connectivity index (χ0n) is 17.4. The SMILES string of the molecule is C/C=C/C1OCC(c2ccc(-c3ccc(-c4ccc(C)c(F)c4F)cc3)c(F)c2)CO1. The first kappa shape index (κ1) is 21.3. The lowest BCUT2D eigenvalue weighted by Crippen LogP contribution is -2.29. The van der Waals surface area contributed by atoms with Gasteiger partial charge in [-0.3, -0.25) is 0 Å². The minimum absolute atomic E-state index is 0.0353. The van der Waals surface area contributed by atoms with Crippen molar-refractivity contribution in [2.24, 2.45) is 0 Å². The molecule has 1 aliphatic heterocycles. The van der Waals surface area contributed by atoms with Gasteiger partial charge in [0.05, 0.1) is 13.2 Å². The first-order valence-corrected chi connectivity index (χ1v) is 10.2. The van der Waals surface area contributed by atoms with Crippen LogP contribution in [0.15, 0.2) is 66.7 Å². The molecule has 0 spiro atoms. The third kappa shape index (κ3) is 4.43. The monoisotopic (exact) mass is 424 g/mol. The smallest absolute Gasteiger partial charge is 0.176 e. The van der Waals surface area contributed by atoms with Gasteiger partial charge in [-0.15, -0.1) is 0 Å². The topological polar surface area (TPSA) is 18.5 Å². The van der Waals surface area contributed by atoms with Crippen molar-refractivity contribution < 1.29 is 22.6 Å². The number of allylic oxidation sites excluding steroid dienone is 1. The molecule has 1 fully saturated rings. The van der Waals surface area contributed by atoms with Crippen molar-refractivity contribution >= 4 is 0 Å². The molecule has 2 nitrogen and oxygen atoms in total. The van der Waals surface area contributed by atoms with Crippen LogP contribution in [0.3, 0.4) is 0 Å². The molecule has 0 amide bonds. The number of hydrogen-bond donors (Lipinski definition) is 0. The Kier molecular flexibility index (Phi) is 6.25. The van der Waals surface area contributed by atoms with Crippen LogP contribution in [0.5, 0.6) is 0 Å². The van der Waals surface area contributed by atoms with Crippen molar-refractivity contribution in [2.75, 3.05) is 13.2 Å². The van der Waals surface area contributed by atoms with E-state index in [1.807, 2.05) is 25.1 Å². The fourth-order valence-corrected chi connectivity index (χ4v) is 3.70. The average Bonchev–Trinajstić information content (AvgIpc) is 2.79. The average molecular weight is 424 g/mol. The van der Waals surface area contributed by atoms with Crippen molar-refractivity contribution in [2.45, 2.75) is 26.1 Å². The van der Waals surface area contributed by atoms with Crippen LogP contribution in [0.4, 0.5) is 13.2 Å². The van der Waals surface area contributed by atoms with Gasteiger partial charge < -0.3 is 9.47 Å². The van der Waals surface area contributed by atoms with Crippen molar-refractivity contribution in [3.63, 3.8) is 0 Å². The molecule has 160 valence electrons. The zero-order valence-corrected chi connectivity index (χ0v) is 17.4. The van der Waals surface area contributed by atoms with E-state index < -0.39 is 11.6 Å². The van der Waals surface area contributed by atoms with Crippen molar-refractivity contribution in [1.82, 2.24) is 0 Å². The van der Waals surface area contributed by atoms with Gasteiger partial charge in [-0.25, -0.2) is 13.2 Å². The third-order valence-corrected chi connectivity index (χ3v) is 5.52. The van der Waals surface area contributed by atoms with Crippen molar-refractivity contribution in [3.05, 3.63) is 95.3 Å². The minimum atomic E-state index is -0.878.